The second-order valence-corrected chi connectivity index (χ2v) is 13.3. The lowest BCUT2D eigenvalue weighted by atomic mass is 10.0. The number of hydrogen-bond donors (Lipinski definition) is 0. The molecule has 2 fully saturated rings. The number of carbonyl (C=O) groups is 1. The minimum absolute atomic E-state index is 0.0397. The van der Waals surface area contributed by atoms with Crippen molar-refractivity contribution in [2.75, 3.05) is 37.4 Å². The van der Waals surface area contributed by atoms with E-state index in [1.54, 1.807) is 45.2 Å². The van der Waals surface area contributed by atoms with Gasteiger partial charge in [0.15, 0.2) is 5.13 Å². The normalized spacial score (nSPS) is 19.7. The molecule has 0 aliphatic carbocycles. The number of ether oxygens (including phenoxy) is 1. The zero-order valence-electron chi connectivity index (χ0n) is 20.6. The minimum Gasteiger partial charge on any atom is -0.376 e. The summed E-state index contributed by atoms with van der Waals surface area (Å²) in [4.78, 5) is 21.6. The Kier molecular flexibility index (Phi) is 7.69. The topological polar surface area (TPSA) is 79.8 Å². The van der Waals surface area contributed by atoms with Gasteiger partial charge in [0.1, 0.15) is 0 Å². The largest absolute Gasteiger partial charge is 0.376 e. The summed E-state index contributed by atoms with van der Waals surface area (Å²) in [6, 6.07) is 12.4. The maximum Gasteiger partial charge on any atom is 0.260 e. The molecule has 0 bridgehead atoms. The van der Waals surface area contributed by atoms with Gasteiger partial charge in [-0.2, -0.15) is 4.31 Å². The fourth-order valence-corrected chi connectivity index (χ4v) is 7.83. The molecule has 1 unspecified atom stereocenters. The van der Waals surface area contributed by atoms with Crippen LogP contribution in [0.25, 0.3) is 10.2 Å². The van der Waals surface area contributed by atoms with E-state index in [9.17, 15) is 13.2 Å². The molecule has 2 aliphatic rings. The van der Waals surface area contributed by atoms with Gasteiger partial charge in [0, 0.05) is 30.2 Å². The van der Waals surface area contributed by atoms with E-state index in [1.165, 1.54) is 11.3 Å². The molecule has 0 radical (unpaired) electrons. The van der Waals surface area contributed by atoms with E-state index in [0.29, 0.717) is 42.9 Å². The predicted octanol–water partition coefficient (Wildman–Crippen LogP) is 5.26. The van der Waals surface area contributed by atoms with Gasteiger partial charge < -0.3 is 4.74 Å². The van der Waals surface area contributed by atoms with Gasteiger partial charge in [-0.05, 0) is 74.3 Å². The van der Waals surface area contributed by atoms with Crippen LogP contribution in [0.3, 0.4) is 0 Å². The standard InChI is InChI=1S/C26H31N3O4S3/c1-18-12-14-28(15-13-18)36(31,32)21-10-8-19(9-11-21)25(30)29(17-20-5-4-16-33-20)26-27-24-22(34-2)6-3-7-23(24)35-26/h3,6-11,18,20H,4-5,12-17H2,1-2H3. The van der Waals surface area contributed by atoms with Crippen molar-refractivity contribution in [2.45, 2.75) is 48.5 Å². The molecule has 2 aromatic carbocycles. The number of para-hydroxylation sites is 1. The van der Waals surface area contributed by atoms with Crippen molar-refractivity contribution in [3.63, 3.8) is 0 Å². The number of aromatic nitrogens is 1. The highest BCUT2D eigenvalue weighted by Gasteiger charge is 2.30. The second kappa shape index (κ2) is 10.8. The van der Waals surface area contributed by atoms with Crippen LogP contribution < -0.4 is 4.90 Å². The molecule has 1 amide bonds. The molecule has 10 heteroatoms. The minimum atomic E-state index is -3.57. The molecule has 0 saturated carbocycles. The van der Waals surface area contributed by atoms with Crippen LogP contribution in [0.1, 0.15) is 43.0 Å². The van der Waals surface area contributed by atoms with Gasteiger partial charge in [-0.25, -0.2) is 13.4 Å². The molecule has 7 nitrogen and oxygen atoms in total. The van der Waals surface area contributed by atoms with Crippen LogP contribution >= 0.6 is 23.1 Å². The van der Waals surface area contributed by atoms with Crippen LogP contribution in [-0.4, -0.2) is 62.2 Å². The summed E-state index contributed by atoms with van der Waals surface area (Å²) >= 11 is 3.12. The Morgan fingerprint density at radius 3 is 2.58 bits per heavy atom. The number of thioether (sulfide) groups is 1. The number of benzene rings is 2. The molecule has 3 aromatic rings. The Morgan fingerprint density at radius 2 is 1.92 bits per heavy atom. The van der Waals surface area contributed by atoms with Gasteiger partial charge in [0.05, 0.1) is 27.8 Å². The summed E-state index contributed by atoms with van der Waals surface area (Å²) in [5.74, 6) is 0.340. The summed E-state index contributed by atoms with van der Waals surface area (Å²) in [5.41, 5.74) is 1.33. The molecule has 192 valence electrons. The quantitative estimate of drug-likeness (QED) is 0.377. The summed E-state index contributed by atoms with van der Waals surface area (Å²) in [7, 11) is -3.57. The number of anilines is 1. The highest BCUT2D eigenvalue weighted by Crippen LogP contribution is 2.35. The van der Waals surface area contributed by atoms with Crippen LogP contribution in [0.5, 0.6) is 0 Å². The first-order valence-electron chi connectivity index (χ1n) is 12.3. The first-order valence-corrected chi connectivity index (χ1v) is 15.8. The molecule has 5 rings (SSSR count). The van der Waals surface area contributed by atoms with Gasteiger partial charge in [0.2, 0.25) is 10.0 Å². The van der Waals surface area contributed by atoms with Crippen molar-refractivity contribution in [3.05, 3.63) is 48.0 Å². The molecule has 1 atom stereocenters. The van der Waals surface area contributed by atoms with Crippen molar-refractivity contribution in [1.29, 1.82) is 0 Å². The van der Waals surface area contributed by atoms with Crippen LogP contribution in [0.2, 0.25) is 0 Å². The van der Waals surface area contributed by atoms with E-state index in [2.05, 4.69) is 6.92 Å². The first kappa shape index (κ1) is 25.7. The van der Waals surface area contributed by atoms with Crippen LogP contribution in [0, 0.1) is 5.92 Å². The van der Waals surface area contributed by atoms with Gasteiger partial charge >= 0.3 is 0 Å². The Labute approximate surface area is 220 Å². The first-order chi connectivity index (χ1) is 17.4. The number of thiazole rings is 1. The zero-order chi connectivity index (χ0) is 25.3. The van der Waals surface area contributed by atoms with Gasteiger partial charge in [-0.1, -0.05) is 24.3 Å². The molecule has 1 aromatic heterocycles. The summed E-state index contributed by atoms with van der Waals surface area (Å²) in [6.45, 7) is 4.34. The zero-order valence-corrected chi connectivity index (χ0v) is 23.0. The third-order valence-corrected chi connectivity index (χ3v) is 10.7. The van der Waals surface area contributed by atoms with Crippen LogP contribution in [0.4, 0.5) is 5.13 Å². The van der Waals surface area contributed by atoms with Gasteiger partial charge in [-0.3, -0.25) is 9.69 Å². The van der Waals surface area contributed by atoms with E-state index in [4.69, 9.17) is 9.72 Å². The average molecular weight is 546 g/mol. The van der Waals surface area contributed by atoms with E-state index >= 15 is 0 Å². The fraction of sp³-hybridized carbons (Fsp3) is 0.462. The smallest absolute Gasteiger partial charge is 0.260 e. The van der Waals surface area contributed by atoms with Crippen molar-refractivity contribution in [1.82, 2.24) is 9.29 Å². The number of rotatable bonds is 7. The van der Waals surface area contributed by atoms with E-state index in [-0.39, 0.29) is 16.9 Å². The third kappa shape index (κ3) is 5.19. The van der Waals surface area contributed by atoms with Crippen LogP contribution in [-0.2, 0) is 14.8 Å². The maximum absolute atomic E-state index is 13.7. The molecule has 2 saturated heterocycles. The van der Waals surface area contributed by atoms with E-state index in [1.807, 2.05) is 24.5 Å². The molecular formula is C26H31N3O4S3. The third-order valence-electron chi connectivity index (χ3n) is 6.96. The number of fused-ring (bicyclic) bond motifs is 1. The Balaban J connectivity index is 1.43. The number of sulfonamides is 1. The molecule has 36 heavy (non-hydrogen) atoms. The average Bonchev–Trinajstić information content (AvgIpc) is 3.57. The molecular weight excluding hydrogens is 515 g/mol. The maximum atomic E-state index is 13.7. The SMILES string of the molecule is CSc1cccc2sc(N(CC3CCCO3)C(=O)c3ccc(S(=O)(=O)N4CCC(C)CC4)cc3)nc12. The van der Waals surface area contributed by atoms with Crippen LogP contribution in [0.15, 0.2) is 52.3 Å². The van der Waals surface area contributed by atoms with E-state index < -0.39 is 10.0 Å². The lowest BCUT2D eigenvalue weighted by molar-refractivity contribution is 0.0917. The molecule has 2 aliphatic heterocycles. The van der Waals surface area contributed by atoms with Crippen molar-refractivity contribution in [3.8, 4) is 0 Å². The van der Waals surface area contributed by atoms with E-state index in [0.717, 1.165) is 40.8 Å². The number of nitrogens with zero attached hydrogens (tertiary/aromatic N) is 3. The number of carbonyl (C=O) groups excluding carboxylic acids is 1. The summed E-state index contributed by atoms with van der Waals surface area (Å²) in [6.07, 6.45) is 5.59. The number of hydrogen-bond acceptors (Lipinski definition) is 7. The number of amides is 1. The Bertz CT molecular complexity index is 1330. The monoisotopic (exact) mass is 545 g/mol. The summed E-state index contributed by atoms with van der Waals surface area (Å²) < 4.78 is 34.7. The lowest BCUT2D eigenvalue weighted by Gasteiger charge is -2.29. The highest BCUT2D eigenvalue weighted by molar-refractivity contribution is 7.98. The van der Waals surface area contributed by atoms with Crippen molar-refractivity contribution >= 4 is 54.4 Å². The second-order valence-electron chi connectivity index (χ2n) is 9.47. The molecule has 0 spiro atoms. The summed E-state index contributed by atoms with van der Waals surface area (Å²) in [5, 5.41) is 0.631. The Hall–Kier alpha value is -1.98. The Morgan fingerprint density at radius 1 is 1.17 bits per heavy atom. The molecule has 3 heterocycles. The lowest BCUT2D eigenvalue weighted by Crippen LogP contribution is -2.38. The fourth-order valence-electron chi connectivity index (χ4n) is 4.73. The van der Waals surface area contributed by atoms with Crippen molar-refractivity contribution < 1.29 is 17.9 Å². The number of piperidine rings is 1. The van der Waals surface area contributed by atoms with Crippen molar-refractivity contribution in [2.24, 2.45) is 5.92 Å². The van der Waals surface area contributed by atoms with Gasteiger partial charge in [0.25, 0.3) is 5.91 Å². The molecule has 0 N–H and O–H groups in total. The highest BCUT2D eigenvalue weighted by atomic mass is 32.2. The predicted molar refractivity (Wildman–Crippen MR) is 146 cm³/mol. The van der Waals surface area contributed by atoms with Gasteiger partial charge in [-0.15, -0.1) is 11.8 Å².